The molecule has 2 aromatic carbocycles. The molecule has 1 aromatic heterocycles. The van der Waals surface area contributed by atoms with Gasteiger partial charge >= 0.3 is 0 Å². The predicted molar refractivity (Wildman–Crippen MR) is 89.5 cm³/mol. The molecule has 0 saturated heterocycles. The topological polar surface area (TPSA) is 74.4 Å². The fourth-order valence-electron chi connectivity index (χ4n) is 2.70. The molecule has 110 valence electrons. The van der Waals surface area contributed by atoms with Crippen LogP contribution in [0.1, 0.15) is 24.0 Å². The molecular formula is C18H17N3O. The largest absolute Gasteiger partial charge is 0.494 e. The normalized spacial score (nSPS) is 15.4. The van der Waals surface area contributed by atoms with Gasteiger partial charge < -0.3 is 15.8 Å². The van der Waals surface area contributed by atoms with Gasteiger partial charge in [-0.25, -0.2) is 0 Å². The Morgan fingerprint density at radius 1 is 1.14 bits per heavy atom. The average molecular weight is 291 g/mol. The van der Waals surface area contributed by atoms with Gasteiger partial charge in [0.25, 0.3) is 0 Å². The minimum atomic E-state index is 0.142. The molecule has 3 aromatic rings. The van der Waals surface area contributed by atoms with Crippen LogP contribution in [0.5, 0.6) is 5.88 Å². The number of hydrogen-bond acceptors (Lipinski definition) is 3. The minimum Gasteiger partial charge on any atom is -0.494 e. The molecular weight excluding hydrogens is 274 g/mol. The van der Waals surface area contributed by atoms with E-state index < -0.39 is 0 Å². The number of aromatic amines is 1. The maximum absolute atomic E-state index is 10.4. The van der Waals surface area contributed by atoms with E-state index in [0.717, 1.165) is 40.6 Å². The molecule has 0 unspecified atom stereocenters. The van der Waals surface area contributed by atoms with E-state index in [0.29, 0.717) is 11.7 Å². The highest BCUT2D eigenvalue weighted by Gasteiger charge is 2.25. The number of hydrogen-bond donors (Lipinski definition) is 3. The number of nitrogens with two attached hydrogens (primary N) is 1. The lowest BCUT2D eigenvalue weighted by atomic mass is 10.0. The third-order valence-electron chi connectivity index (χ3n) is 3.95. The Labute approximate surface area is 128 Å². The van der Waals surface area contributed by atoms with Crippen molar-refractivity contribution in [2.24, 2.45) is 4.99 Å². The number of benzene rings is 2. The van der Waals surface area contributed by atoms with Crippen LogP contribution < -0.4 is 5.73 Å². The highest BCUT2D eigenvalue weighted by Crippen LogP contribution is 2.33. The van der Waals surface area contributed by atoms with E-state index in [1.807, 2.05) is 48.5 Å². The van der Waals surface area contributed by atoms with Crippen LogP contribution in [-0.4, -0.2) is 21.8 Å². The molecule has 1 saturated carbocycles. The third kappa shape index (κ3) is 2.22. The second-order valence-electron chi connectivity index (χ2n) is 5.73. The van der Waals surface area contributed by atoms with Crippen molar-refractivity contribution in [2.45, 2.75) is 18.9 Å². The molecule has 0 amide bonds. The zero-order valence-corrected chi connectivity index (χ0v) is 12.1. The Bertz CT molecular complexity index is 861. The monoisotopic (exact) mass is 291 g/mol. The quantitative estimate of drug-likeness (QED) is 0.510. The Kier molecular flexibility index (Phi) is 2.89. The summed E-state index contributed by atoms with van der Waals surface area (Å²) < 4.78 is 0. The fourth-order valence-corrected chi connectivity index (χ4v) is 2.70. The summed E-state index contributed by atoms with van der Waals surface area (Å²) >= 11 is 0. The van der Waals surface area contributed by atoms with E-state index in [9.17, 15) is 5.11 Å². The van der Waals surface area contributed by atoms with Crippen LogP contribution in [0, 0.1) is 0 Å². The van der Waals surface area contributed by atoms with Crippen molar-refractivity contribution in [3.05, 3.63) is 59.7 Å². The molecule has 1 aliphatic rings. The first-order valence-electron chi connectivity index (χ1n) is 7.46. The molecule has 0 spiro atoms. The van der Waals surface area contributed by atoms with Gasteiger partial charge in [0, 0.05) is 22.2 Å². The van der Waals surface area contributed by atoms with Crippen molar-refractivity contribution < 1.29 is 5.11 Å². The predicted octanol–water partition coefficient (Wildman–Crippen LogP) is 3.46. The molecule has 4 heteroatoms. The second kappa shape index (κ2) is 4.91. The van der Waals surface area contributed by atoms with Crippen molar-refractivity contribution in [3.8, 4) is 5.88 Å². The summed E-state index contributed by atoms with van der Waals surface area (Å²) in [5.41, 5.74) is 10.0. The van der Waals surface area contributed by atoms with Crippen LogP contribution in [-0.2, 0) is 0 Å². The Balaban J connectivity index is 1.97. The molecule has 22 heavy (non-hydrogen) atoms. The van der Waals surface area contributed by atoms with E-state index in [4.69, 9.17) is 10.7 Å². The SMILES string of the molecule is Nc1ccc2[nH]c(O)c(C(=NC3CC3)c3ccccc3)c2c1. The number of anilines is 1. The van der Waals surface area contributed by atoms with Gasteiger partial charge in [-0.1, -0.05) is 30.3 Å². The number of fused-ring (bicyclic) bond motifs is 1. The maximum Gasteiger partial charge on any atom is 0.199 e. The summed E-state index contributed by atoms with van der Waals surface area (Å²) in [5.74, 6) is 0.142. The van der Waals surface area contributed by atoms with E-state index in [-0.39, 0.29) is 5.88 Å². The highest BCUT2D eigenvalue weighted by atomic mass is 16.3. The summed E-state index contributed by atoms with van der Waals surface area (Å²) in [6.45, 7) is 0. The number of aromatic nitrogens is 1. The first-order valence-corrected chi connectivity index (χ1v) is 7.46. The number of H-pyrrole nitrogens is 1. The van der Waals surface area contributed by atoms with Gasteiger partial charge in [-0.05, 0) is 31.0 Å². The van der Waals surface area contributed by atoms with Crippen LogP contribution in [0.15, 0.2) is 53.5 Å². The lowest BCUT2D eigenvalue weighted by Crippen LogP contribution is -2.04. The lowest BCUT2D eigenvalue weighted by Gasteiger charge is -2.07. The highest BCUT2D eigenvalue weighted by molar-refractivity contribution is 6.21. The fraction of sp³-hybridized carbons (Fsp3) is 0.167. The number of nitrogens with zero attached hydrogens (tertiary/aromatic N) is 1. The Hall–Kier alpha value is -2.75. The number of aromatic hydroxyl groups is 1. The summed E-state index contributed by atoms with van der Waals surface area (Å²) in [6.07, 6.45) is 2.23. The molecule has 1 aliphatic carbocycles. The molecule has 0 bridgehead atoms. The number of nitrogen functional groups attached to an aromatic ring is 1. The van der Waals surface area contributed by atoms with Crippen molar-refractivity contribution >= 4 is 22.3 Å². The van der Waals surface area contributed by atoms with Gasteiger partial charge in [-0.3, -0.25) is 4.99 Å². The van der Waals surface area contributed by atoms with Gasteiger partial charge in [0.05, 0.1) is 17.3 Å². The molecule has 0 radical (unpaired) electrons. The van der Waals surface area contributed by atoms with E-state index in [1.165, 1.54) is 0 Å². The smallest absolute Gasteiger partial charge is 0.199 e. The molecule has 4 nitrogen and oxygen atoms in total. The molecule has 4 N–H and O–H groups in total. The first kappa shape index (κ1) is 13.0. The van der Waals surface area contributed by atoms with Crippen LogP contribution in [0.4, 0.5) is 5.69 Å². The minimum absolute atomic E-state index is 0.142. The summed E-state index contributed by atoms with van der Waals surface area (Å²) in [5, 5.41) is 11.3. The standard InChI is InChI=1S/C18H17N3O/c19-12-6-9-15-14(10-12)16(18(22)21-15)17(20-13-7-8-13)11-4-2-1-3-5-11/h1-6,9-10,13,21-22H,7-8,19H2. The van der Waals surface area contributed by atoms with Crippen LogP contribution in [0.2, 0.25) is 0 Å². The number of rotatable bonds is 3. The summed E-state index contributed by atoms with van der Waals surface area (Å²) in [7, 11) is 0. The van der Waals surface area contributed by atoms with Crippen molar-refractivity contribution in [3.63, 3.8) is 0 Å². The first-order chi connectivity index (χ1) is 10.7. The molecule has 0 aliphatic heterocycles. The Morgan fingerprint density at radius 3 is 2.64 bits per heavy atom. The molecule has 4 rings (SSSR count). The summed E-state index contributed by atoms with van der Waals surface area (Å²) in [6, 6.07) is 15.9. The zero-order chi connectivity index (χ0) is 15.1. The van der Waals surface area contributed by atoms with Crippen LogP contribution in [0.25, 0.3) is 10.9 Å². The molecule has 1 heterocycles. The molecule has 0 atom stereocenters. The maximum atomic E-state index is 10.4. The number of nitrogens with one attached hydrogen (secondary N) is 1. The van der Waals surface area contributed by atoms with Crippen LogP contribution >= 0.6 is 0 Å². The lowest BCUT2D eigenvalue weighted by molar-refractivity contribution is 0.457. The second-order valence-corrected chi connectivity index (χ2v) is 5.73. The van der Waals surface area contributed by atoms with E-state index >= 15 is 0 Å². The number of aliphatic imine (C=N–C) groups is 1. The van der Waals surface area contributed by atoms with Crippen LogP contribution in [0.3, 0.4) is 0 Å². The van der Waals surface area contributed by atoms with E-state index in [1.54, 1.807) is 0 Å². The van der Waals surface area contributed by atoms with E-state index in [2.05, 4.69) is 4.98 Å². The van der Waals surface area contributed by atoms with Crippen molar-refractivity contribution in [1.82, 2.24) is 4.98 Å². The van der Waals surface area contributed by atoms with Gasteiger partial charge in [0.15, 0.2) is 5.88 Å². The van der Waals surface area contributed by atoms with Gasteiger partial charge in [0.2, 0.25) is 0 Å². The van der Waals surface area contributed by atoms with Gasteiger partial charge in [-0.2, -0.15) is 0 Å². The zero-order valence-electron chi connectivity index (χ0n) is 12.1. The Morgan fingerprint density at radius 2 is 1.91 bits per heavy atom. The summed E-state index contributed by atoms with van der Waals surface area (Å²) in [4.78, 5) is 7.85. The van der Waals surface area contributed by atoms with Crippen molar-refractivity contribution in [2.75, 3.05) is 5.73 Å². The van der Waals surface area contributed by atoms with Gasteiger partial charge in [0.1, 0.15) is 0 Å². The molecule has 1 fully saturated rings. The third-order valence-corrected chi connectivity index (χ3v) is 3.95. The average Bonchev–Trinajstić information content (AvgIpc) is 3.29. The van der Waals surface area contributed by atoms with Crippen molar-refractivity contribution in [1.29, 1.82) is 0 Å². The van der Waals surface area contributed by atoms with Gasteiger partial charge in [-0.15, -0.1) is 0 Å².